The third-order valence-electron chi connectivity index (χ3n) is 10.1. The van der Waals surface area contributed by atoms with E-state index in [0.29, 0.717) is 13.0 Å². The van der Waals surface area contributed by atoms with Gasteiger partial charge in [-0.1, -0.05) is 50.8 Å². The summed E-state index contributed by atoms with van der Waals surface area (Å²) in [6.45, 7) is 11.1. The fourth-order valence-electron chi connectivity index (χ4n) is 7.29. The number of allylic oxidation sites excluding steroid dienone is 4. The molecule has 2 aliphatic rings. The Bertz CT molecular complexity index is 2150. The number of fused-ring (bicyclic) bond motifs is 2. The number of rotatable bonds is 17. The van der Waals surface area contributed by atoms with Gasteiger partial charge in [0.05, 0.1) is 16.9 Å². The second-order valence-electron chi connectivity index (χ2n) is 14.8. The predicted octanol–water partition coefficient (Wildman–Crippen LogP) is 6.84. The Morgan fingerprint density at radius 3 is 2.26 bits per heavy atom. The largest absolute Gasteiger partial charge is 0.480 e. The minimum Gasteiger partial charge on any atom is -0.480 e. The Balaban J connectivity index is 1.20. The maximum atomic E-state index is 12.5. The van der Waals surface area contributed by atoms with Crippen LogP contribution in [0.2, 0.25) is 5.28 Å². The van der Waals surface area contributed by atoms with E-state index in [1.807, 2.05) is 0 Å². The highest BCUT2D eigenvalue weighted by Gasteiger charge is 2.43. The van der Waals surface area contributed by atoms with Crippen LogP contribution < -0.4 is 15.5 Å². The van der Waals surface area contributed by atoms with Gasteiger partial charge in [0.1, 0.15) is 13.6 Å². The van der Waals surface area contributed by atoms with Crippen molar-refractivity contribution in [3.63, 3.8) is 0 Å². The van der Waals surface area contributed by atoms with Crippen LogP contribution in [-0.2, 0) is 30.5 Å². The Morgan fingerprint density at radius 1 is 0.907 bits per heavy atom. The van der Waals surface area contributed by atoms with Crippen molar-refractivity contribution in [3.8, 4) is 0 Å². The summed E-state index contributed by atoms with van der Waals surface area (Å²) >= 11 is 5.90. The molecule has 3 aromatic rings. The van der Waals surface area contributed by atoms with Gasteiger partial charge in [0.2, 0.25) is 22.9 Å². The second kappa shape index (κ2) is 16.4. The molecule has 2 aromatic carbocycles. The highest BCUT2D eigenvalue weighted by Crippen LogP contribution is 2.49. The predicted molar refractivity (Wildman–Crippen MR) is 211 cm³/mol. The number of benzene rings is 2. The lowest BCUT2D eigenvalue weighted by atomic mass is 9.80. The van der Waals surface area contributed by atoms with Gasteiger partial charge in [0.15, 0.2) is 11.5 Å². The quantitative estimate of drug-likeness (QED) is 0.0638. The van der Waals surface area contributed by atoms with Gasteiger partial charge in [-0.3, -0.25) is 14.1 Å². The van der Waals surface area contributed by atoms with Gasteiger partial charge in [0.25, 0.3) is 10.1 Å². The molecule has 0 saturated heterocycles. The first-order valence-corrected chi connectivity index (χ1v) is 19.8. The summed E-state index contributed by atoms with van der Waals surface area (Å²) < 4.78 is 36.3. The number of nitrogens with one attached hydrogen (secondary N) is 2. The first kappa shape index (κ1) is 40.5. The lowest BCUT2D eigenvalue weighted by molar-refractivity contribution is -0.401. The lowest BCUT2D eigenvalue weighted by Gasteiger charge is -2.27. The van der Waals surface area contributed by atoms with Crippen molar-refractivity contribution in [3.05, 3.63) is 82.3 Å². The number of hydrogen-bond acceptors (Lipinski definition) is 10. The van der Waals surface area contributed by atoms with Crippen LogP contribution in [-0.4, -0.2) is 81.8 Å². The number of carboxylic acid groups (broad SMARTS) is 1. The number of ketones is 1. The number of aliphatic carboxylic acids is 1. The molecular formula is C39H49ClN7O6S+. The van der Waals surface area contributed by atoms with Gasteiger partial charge >= 0.3 is 5.97 Å². The Hall–Kier alpha value is -4.66. The van der Waals surface area contributed by atoms with Crippen LogP contribution in [0.3, 0.4) is 0 Å². The molecule has 5 rings (SSSR count). The minimum absolute atomic E-state index is 0.00314. The Labute approximate surface area is 322 Å². The zero-order chi connectivity index (χ0) is 39.4. The number of nitrogens with zero attached hydrogens (tertiary/aromatic N) is 5. The molecule has 0 saturated carbocycles. The zero-order valence-corrected chi connectivity index (χ0v) is 33.2. The zero-order valence-electron chi connectivity index (χ0n) is 31.6. The fourth-order valence-corrected chi connectivity index (χ4v) is 7.95. The van der Waals surface area contributed by atoms with E-state index in [4.69, 9.17) is 16.7 Å². The van der Waals surface area contributed by atoms with Crippen LogP contribution in [0.1, 0.15) is 82.9 Å². The standard InChI is InChI=1S/C39H48ClN7O6S/c1-25-16-18-30-28(21-25)38(2,3)32(46(30)6)14-12-15-33-39(4,5)29-22-27(54(51,52)53)17-19-31(29)47(33)20-11-9-7-8-10-13-26(48)23-41-36-43-35(40)44-37(45-36)42-24-34(49)50/h12,14-19,21-22H,7-11,13,20,23-24H2,1-6H3,(H3-,41,42,43,44,45,49,50,51,52,53)/p+1. The number of carbonyl (C=O) groups excluding carboxylic acids is 1. The SMILES string of the molecule is Cc1ccc2c(c1)C(C)(C)C(/C=C/C=C1/N(CCCCCCCC(=O)CNc3nc(Cl)nc(NCC(=O)O)n3)c3ccc(S(=O)(=O)O)cc3C1(C)C)=[N+]2C. The maximum Gasteiger partial charge on any atom is 0.322 e. The van der Waals surface area contributed by atoms with Crippen molar-refractivity contribution in [1.29, 1.82) is 0 Å². The van der Waals surface area contributed by atoms with E-state index in [1.165, 1.54) is 28.6 Å². The molecule has 0 spiro atoms. The van der Waals surface area contributed by atoms with E-state index < -0.39 is 21.5 Å². The number of hydrogen-bond donors (Lipinski definition) is 4. The highest BCUT2D eigenvalue weighted by molar-refractivity contribution is 7.85. The first-order chi connectivity index (χ1) is 25.4. The lowest BCUT2D eigenvalue weighted by Crippen LogP contribution is -2.27. The summed E-state index contributed by atoms with van der Waals surface area (Å²) in [5.41, 5.74) is 6.97. The molecule has 2 aliphatic heterocycles. The number of Topliss-reactive ketones (excluding diaryl/α,β-unsaturated/α-hetero) is 1. The molecule has 54 heavy (non-hydrogen) atoms. The molecule has 0 amide bonds. The van der Waals surface area contributed by atoms with Gasteiger partial charge < -0.3 is 20.6 Å². The minimum atomic E-state index is -4.37. The Kier molecular flexibility index (Phi) is 12.3. The molecule has 13 nitrogen and oxygen atoms in total. The number of carboxylic acids is 1. The molecule has 0 fully saturated rings. The van der Waals surface area contributed by atoms with Crippen molar-refractivity contribution in [1.82, 2.24) is 15.0 Å². The summed E-state index contributed by atoms with van der Waals surface area (Å²) in [7, 11) is -2.28. The average molecular weight is 779 g/mol. The van der Waals surface area contributed by atoms with E-state index in [-0.39, 0.29) is 46.4 Å². The van der Waals surface area contributed by atoms with Crippen LogP contribution in [0.4, 0.5) is 23.3 Å². The van der Waals surface area contributed by atoms with Crippen molar-refractivity contribution < 1.29 is 32.2 Å². The Morgan fingerprint density at radius 2 is 1.57 bits per heavy atom. The van der Waals surface area contributed by atoms with Gasteiger partial charge in [-0.2, -0.15) is 27.9 Å². The summed E-state index contributed by atoms with van der Waals surface area (Å²) in [6, 6.07) is 11.4. The summed E-state index contributed by atoms with van der Waals surface area (Å²) in [6.07, 6.45) is 11.1. The molecular weight excluding hydrogens is 730 g/mol. The molecule has 0 bridgehead atoms. The molecule has 0 aliphatic carbocycles. The monoisotopic (exact) mass is 778 g/mol. The number of aryl methyl sites for hydroxylation is 1. The van der Waals surface area contributed by atoms with E-state index in [2.05, 4.69) is 113 Å². The summed E-state index contributed by atoms with van der Waals surface area (Å²) in [5.74, 6) is -1.02. The van der Waals surface area contributed by atoms with Crippen molar-refractivity contribution in [2.24, 2.45) is 0 Å². The van der Waals surface area contributed by atoms with E-state index in [9.17, 15) is 22.6 Å². The van der Waals surface area contributed by atoms with E-state index >= 15 is 0 Å². The second-order valence-corrected chi connectivity index (χ2v) is 16.6. The van der Waals surface area contributed by atoms with Gasteiger partial charge in [-0.25, -0.2) is 0 Å². The fraction of sp³-hybridized carbons (Fsp3) is 0.436. The van der Waals surface area contributed by atoms with Crippen LogP contribution >= 0.6 is 11.6 Å². The van der Waals surface area contributed by atoms with Crippen molar-refractivity contribution >= 4 is 62.5 Å². The molecule has 0 unspecified atom stereocenters. The third-order valence-corrected chi connectivity index (χ3v) is 11.2. The van der Waals surface area contributed by atoms with Gasteiger partial charge in [-0.05, 0) is 81.1 Å². The van der Waals surface area contributed by atoms with Crippen LogP contribution in [0.15, 0.2) is 65.2 Å². The first-order valence-electron chi connectivity index (χ1n) is 18.0. The average Bonchev–Trinajstić information content (AvgIpc) is 3.42. The summed E-state index contributed by atoms with van der Waals surface area (Å²) in [4.78, 5) is 37.2. The third kappa shape index (κ3) is 9.16. The number of anilines is 3. The molecule has 0 atom stereocenters. The maximum absolute atomic E-state index is 12.5. The van der Waals surface area contributed by atoms with Crippen molar-refractivity contribution in [2.75, 3.05) is 42.2 Å². The van der Waals surface area contributed by atoms with Crippen LogP contribution in [0.5, 0.6) is 0 Å². The van der Waals surface area contributed by atoms with Gasteiger partial charge in [-0.15, -0.1) is 0 Å². The highest BCUT2D eigenvalue weighted by atomic mass is 35.5. The molecule has 4 N–H and O–H groups in total. The van der Waals surface area contributed by atoms with E-state index in [1.54, 1.807) is 12.1 Å². The smallest absolute Gasteiger partial charge is 0.322 e. The number of carbonyl (C=O) groups is 2. The number of aromatic nitrogens is 3. The molecule has 1 aromatic heterocycles. The van der Waals surface area contributed by atoms with E-state index in [0.717, 1.165) is 49.1 Å². The molecule has 0 radical (unpaired) electrons. The number of halogens is 1. The molecule has 288 valence electrons. The van der Waals surface area contributed by atoms with Crippen LogP contribution in [0, 0.1) is 6.92 Å². The van der Waals surface area contributed by atoms with Gasteiger partial charge in [0, 0.05) is 47.5 Å². The molecule has 3 heterocycles. The number of unbranched alkanes of at least 4 members (excludes halogenated alkanes) is 4. The van der Waals surface area contributed by atoms with Crippen molar-refractivity contribution in [2.45, 2.75) is 88.9 Å². The van der Waals surface area contributed by atoms with Crippen LogP contribution in [0.25, 0.3) is 0 Å². The topological polar surface area (TPSA) is 178 Å². The normalized spacial score (nSPS) is 16.6. The molecule has 15 heteroatoms. The summed E-state index contributed by atoms with van der Waals surface area (Å²) in [5, 5.41) is 14.1.